The summed E-state index contributed by atoms with van der Waals surface area (Å²) in [5.74, 6) is -0.546. The second-order valence-electron chi connectivity index (χ2n) is 11.4. The molecular formula is C36H39ClN4O8S. The number of ether oxygens (including phenoxy) is 2. The average molecular weight is 723 g/mol. The van der Waals surface area contributed by atoms with E-state index in [2.05, 4.69) is 5.32 Å². The maximum atomic E-state index is 14.7. The first-order valence-electron chi connectivity index (χ1n) is 15.7. The number of carbonyl (C=O) groups excluding carboxylic acids is 2. The van der Waals surface area contributed by atoms with Gasteiger partial charge in [-0.05, 0) is 60.9 Å². The Kier molecular flexibility index (Phi) is 12.8. The molecule has 4 aromatic rings. The van der Waals surface area contributed by atoms with Gasteiger partial charge in [-0.25, -0.2) is 8.42 Å². The van der Waals surface area contributed by atoms with Crippen molar-refractivity contribution in [2.45, 2.75) is 44.2 Å². The second kappa shape index (κ2) is 17.0. The molecule has 4 rings (SSSR count). The highest BCUT2D eigenvalue weighted by Crippen LogP contribution is 2.36. The minimum Gasteiger partial charge on any atom is -0.497 e. The molecule has 12 nitrogen and oxygen atoms in total. The number of halogens is 1. The van der Waals surface area contributed by atoms with Crippen molar-refractivity contribution in [1.29, 1.82) is 0 Å². The highest BCUT2D eigenvalue weighted by molar-refractivity contribution is 7.92. The Morgan fingerprint density at radius 1 is 0.940 bits per heavy atom. The zero-order valence-electron chi connectivity index (χ0n) is 28.2. The monoisotopic (exact) mass is 722 g/mol. The van der Waals surface area contributed by atoms with Crippen LogP contribution < -0.4 is 19.1 Å². The molecule has 1 atom stereocenters. The fourth-order valence-electron chi connectivity index (χ4n) is 5.33. The summed E-state index contributed by atoms with van der Waals surface area (Å²) in [4.78, 5) is 40.6. The maximum Gasteiger partial charge on any atom is 0.273 e. The number of nitro groups is 1. The second-order valence-corrected chi connectivity index (χ2v) is 13.7. The SMILES string of the molecule is CCCNC(=O)[C@H](Cc1ccccc1)N(Cc1cccc(OC)c1)C(=O)CN(c1cc(Cl)ccc1OC)S(=O)(=O)c1ccc(C)c([N+](=O)[O-])c1. The zero-order chi connectivity index (χ0) is 36.4. The van der Waals surface area contributed by atoms with Gasteiger partial charge in [0.05, 0.1) is 29.7 Å². The van der Waals surface area contributed by atoms with Crippen LogP contribution in [0, 0.1) is 17.0 Å². The van der Waals surface area contributed by atoms with Crippen LogP contribution in [0.2, 0.25) is 5.02 Å². The van der Waals surface area contributed by atoms with Crippen molar-refractivity contribution in [3.8, 4) is 11.5 Å². The lowest BCUT2D eigenvalue weighted by Gasteiger charge is -2.34. The molecule has 0 heterocycles. The standard InChI is InChI=1S/C36H39ClN4O8S/c1-5-18-38-36(43)33(20-26-10-7-6-8-11-26)39(23-27-12-9-13-29(19-27)48-3)35(42)24-40(32-21-28(37)15-17-34(32)49-4)50(46,47)30-16-14-25(2)31(22-30)41(44)45/h6-17,19,21-22,33H,5,18,20,23-24H2,1-4H3,(H,38,43)/t33-/m0/s1. The fraction of sp³-hybridized carbons (Fsp3) is 0.278. The van der Waals surface area contributed by atoms with Gasteiger partial charge in [0.1, 0.15) is 24.1 Å². The third kappa shape index (κ3) is 9.10. The number of rotatable bonds is 16. The predicted octanol–water partition coefficient (Wildman–Crippen LogP) is 5.94. The molecule has 0 radical (unpaired) electrons. The van der Waals surface area contributed by atoms with Crippen LogP contribution in [0.3, 0.4) is 0 Å². The molecule has 264 valence electrons. The summed E-state index contributed by atoms with van der Waals surface area (Å²) in [7, 11) is -1.84. The van der Waals surface area contributed by atoms with E-state index in [1.54, 1.807) is 24.3 Å². The largest absolute Gasteiger partial charge is 0.497 e. The van der Waals surface area contributed by atoms with Gasteiger partial charge >= 0.3 is 0 Å². The summed E-state index contributed by atoms with van der Waals surface area (Å²) in [5.41, 5.74) is 1.17. The average Bonchev–Trinajstić information content (AvgIpc) is 3.11. The van der Waals surface area contributed by atoms with Crippen LogP contribution in [-0.4, -0.2) is 63.4 Å². The Labute approximate surface area is 296 Å². The zero-order valence-corrected chi connectivity index (χ0v) is 29.7. The van der Waals surface area contributed by atoms with Crippen molar-refractivity contribution in [3.05, 3.63) is 123 Å². The van der Waals surface area contributed by atoms with Crippen LogP contribution in [0.4, 0.5) is 11.4 Å². The number of methoxy groups -OCH3 is 2. The van der Waals surface area contributed by atoms with E-state index < -0.39 is 49.9 Å². The van der Waals surface area contributed by atoms with Gasteiger partial charge in [0.2, 0.25) is 11.8 Å². The number of amides is 2. The van der Waals surface area contributed by atoms with Crippen molar-refractivity contribution in [2.75, 3.05) is 31.6 Å². The molecular weight excluding hydrogens is 684 g/mol. The van der Waals surface area contributed by atoms with E-state index in [0.29, 0.717) is 24.3 Å². The molecule has 0 spiro atoms. The lowest BCUT2D eigenvalue weighted by Crippen LogP contribution is -2.53. The van der Waals surface area contributed by atoms with E-state index in [1.807, 2.05) is 37.3 Å². The molecule has 4 aromatic carbocycles. The van der Waals surface area contributed by atoms with Crippen LogP contribution in [0.25, 0.3) is 0 Å². The number of sulfonamides is 1. The third-order valence-corrected chi connectivity index (χ3v) is 9.95. The first-order chi connectivity index (χ1) is 23.9. The van der Waals surface area contributed by atoms with Crippen LogP contribution in [0.1, 0.15) is 30.0 Å². The van der Waals surface area contributed by atoms with Gasteiger partial charge in [0, 0.05) is 36.2 Å². The number of nitro benzene ring substituents is 1. The highest BCUT2D eigenvalue weighted by atomic mass is 35.5. The fourth-order valence-corrected chi connectivity index (χ4v) is 6.94. The van der Waals surface area contributed by atoms with Gasteiger partial charge in [-0.15, -0.1) is 0 Å². The number of hydrogen-bond donors (Lipinski definition) is 1. The number of aryl methyl sites for hydroxylation is 1. The van der Waals surface area contributed by atoms with E-state index in [1.165, 1.54) is 56.4 Å². The van der Waals surface area contributed by atoms with Gasteiger partial charge < -0.3 is 19.7 Å². The smallest absolute Gasteiger partial charge is 0.273 e. The van der Waals surface area contributed by atoms with Crippen molar-refractivity contribution in [3.63, 3.8) is 0 Å². The molecule has 0 aliphatic carbocycles. The van der Waals surface area contributed by atoms with Crippen LogP contribution in [0.5, 0.6) is 11.5 Å². The van der Waals surface area contributed by atoms with Gasteiger partial charge in [0.25, 0.3) is 15.7 Å². The Morgan fingerprint density at radius 3 is 2.32 bits per heavy atom. The van der Waals surface area contributed by atoms with Crippen LogP contribution >= 0.6 is 11.6 Å². The molecule has 14 heteroatoms. The molecule has 1 N–H and O–H groups in total. The van der Waals surface area contributed by atoms with E-state index in [0.717, 1.165) is 15.9 Å². The van der Waals surface area contributed by atoms with Crippen LogP contribution in [0.15, 0.2) is 95.9 Å². The normalized spacial score (nSPS) is 11.7. The molecule has 0 aliphatic heterocycles. The molecule has 50 heavy (non-hydrogen) atoms. The van der Waals surface area contributed by atoms with Gasteiger partial charge in [0.15, 0.2) is 0 Å². The predicted molar refractivity (Wildman–Crippen MR) is 191 cm³/mol. The number of nitrogens with zero attached hydrogens (tertiary/aromatic N) is 3. The minimum absolute atomic E-state index is 0.0760. The van der Waals surface area contributed by atoms with Crippen molar-refractivity contribution >= 4 is 44.8 Å². The molecule has 0 aromatic heterocycles. The summed E-state index contributed by atoms with van der Waals surface area (Å²) < 4.78 is 40.6. The number of hydrogen-bond acceptors (Lipinski definition) is 8. The molecule has 0 saturated carbocycles. The first kappa shape index (κ1) is 37.7. The Balaban J connectivity index is 1.89. The van der Waals surface area contributed by atoms with Gasteiger partial charge in [-0.2, -0.15) is 0 Å². The topological polar surface area (TPSA) is 148 Å². The van der Waals surface area contributed by atoms with E-state index >= 15 is 0 Å². The molecule has 0 saturated heterocycles. The Hall–Kier alpha value is -5.14. The van der Waals surface area contributed by atoms with Gasteiger partial charge in [-0.1, -0.05) is 67.1 Å². The van der Waals surface area contributed by atoms with Crippen molar-refractivity contribution in [1.82, 2.24) is 10.2 Å². The number of carbonyl (C=O) groups is 2. The summed E-state index contributed by atoms with van der Waals surface area (Å²) in [6.45, 7) is 2.86. The molecule has 0 bridgehead atoms. The third-order valence-electron chi connectivity index (χ3n) is 7.96. The molecule has 0 fully saturated rings. The minimum atomic E-state index is -4.69. The Bertz CT molecular complexity index is 1940. The summed E-state index contributed by atoms with van der Waals surface area (Å²) in [6, 6.07) is 22.9. The summed E-state index contributed by atoms with van der Waals surface area (Å²) >= 11 is 6.34. The maximum absolute atomic E-state index is 14.7. The van der Waals surface area contributed by atoms with Crippen molar-refractivity contribution in [2.24, 2.45) is 0 Å². The van der Waals surface area contributed by atoms with E-state index in [4.69, 9.17) is 21.1 Å². The molecule has 0 unspecified atom stereocenters. The lowest BCUT2D eigenvalue weighted by molar-refractivity contribution is -0.385. The lowest BCUT2D eigenvalue weighted by atomic mass is 10.0. The van der Waals surface area contributed by atoms with Crippen LogP contribution in [-0.2, 0) is 32.6 Å². The van der Waals surface area contributed by atoms with E-state index in [9.17, 15) is 28.1 Å². The summed E-state index contributed by atoms with van der Waals surface area (Å²) in [5, 5.41) is 14.8. The summed E-state index contributed by atoms with van der Waals surface area (Å²) in [6.07, 6.45) is 0.778. The first-order valence-corrected chi connectivity index (χ1v) is 17.6. The Morgan fingerprint density at radius 2 is 1.66 bits per heavy atom. The quantitative estimate of drug-likeness (QED) is 0.110. The van der Waals surface area contributed by atoms with Gasteiger partial charge in [-0.3, -0.25) is 24.0 Å². The molecule has 0 aliphatic rings. The molecule has 2 amide bonds. The number of anilines is 1. The number of benzene rings is 4. The number of nitrogens with one attached hydrogen (secondary N) is 1. The van der Waals surface area contributed by atoms with Crippen molar-refractivity contribution < 1.29 is 32.4 Å². The highest BCUT2D eigenvalue weighted by Gasteiger charge is 2.36. The van der Waals surface area contributed by atoms with E-state index in [-0.39, 0.29) is 35.0 Å².